The minimum absolute atomic E-state index is 0.0124. The Labute approximate surface area is 520 Å². The van der Waals surface area contributed by atoms with Crippen molar-refractivity contribution in [2.24, 2.45) is 34.8 Å². The summed E-state index contributed by atoms with van der Waals surface area (Å²) < 4.78 is 18.0. The number of benzene rings is 4. The van der Waals surface area contributed by atoms with Crippen molar-refractivity contribution in [2.75, 3.05) is 11.4 Å². The number of aliphatic hydroxyl groups is 1. The second-order valence-electron chi connectivity index (χ2n) is 25.9. The predicted molar refractivity (Wildman–Crippen MR) is 335 cm³/mol. The van der Waals surface area contributed by atoms with E-state index in [4.69, 9.17) is 10.5 Å². The Morgan fingerprint density at radius 2 is 1.58 bits per heavy atom. The third-order valence-corrected chi connectivity index (χ3v) is 20.0. The zero-order chi connectivity index (χ0) is 63.6. The fraction of sp³-hybridized carbons (Fsp3) is 0.448. The van der Waals surface area contributed by atoms with Crippen molar-refractivity contribution in [3.63, 3.8) is 0 Å². The minimum atomic E-state index is -5.04. The number of carbonyl (C=O) groups excluding carboxylic acids is 8. The van der Waals surface area contributed by atoms with Gasteiger partial charge in [0.25, 0.3) is 5.52 Å². The Balaban J connectivity index is 0.694. The average Bonchev–Trinajstić information content (AvgIpc) is 1.64. The maximum Gasteiger partial charge on any atom is 0.396 e. The number of nitrogens with zero attached hydrogens (tertiary/aromatic N) is 3. The number of aliphatic hydroxyl groups excluding tert-OH is 1. The van der Waals surface area contributed by atoms with Gasteiger partial charge in [0.2, 0.25) is 29.5 Å². The van der Waals surface area contributed by atoms with Crippen LogP contribution in [-0.4, -0.2) is 113 Å². The van der Waals surface area contributed by atoms with Gasteiger partial charge < -0.3 is 45.9 Å². The van der Waals surface area contributed by atoms with Gasteiger partial charge in [-0.2, -0.15) is 0 Å². The topological polar surface area (TPSA) is 309 Å². The van der Waals surface area contributed by atoms with Crippen molar-refractivity contribution in [1.82, 2.24) is 25.5 Å². The summed E-state index contributed by atoms with van der Waals surface area (Å²) in [4.78, 5) is 139. The number of primary amides is 1. The number of rotatable bonds is 25. The summed E-state index contributed by atoms with van der Waals surface area (Å²) in [6.45, 7) is 10.1. The van der Waals surface area contributed by atoms with Crippen LogP contribution in [-0.2, 0) is 70.5 Å². The molecule has 20 nitrogen and oxygen atoms in total. The Bertz CT molecular complexity index is 3730. The summed E-state index contributed by atoms with van der Waals surface area (Å²) in [6, 6.07) is 24.7. The number of nitrogens with two attached hydrogens (primary N) is 1. The van der Waals surface area contributed by atoms with Crippen molar-refractivity contribution in [3.8, 4) is 10.4 Å². The Morgan fingerprint density at radius 3 is 2.27 bits per heavy atom. The van der Waals surface area contributed by atoms with Gasteiger partial charge >= 0.3 is 7.60 Å². The van der Waals surface area contributed by atoms with Gasteiger partial charge in [0, 0.05) is 79.9 Å². The van der Waals surface area contributed by atoms with Crippen LogP contribution < -0.4 is 21.3 Å². The Kier molecular flexibility index (Phi) is 19.5. The molecular weight excluding hydrogens is 1170 g/mol. The highest BCUT2D eigenvalue weighted by Crippen LogP contribution is 2.44. The number of fused-ring (bicyclic) bond motifs is 1. The number of anilines is 1. The first-order valence-electron chi connectivity index (χ1n) is 30.5. The first-order valence-corrected chi connectivity index (χ1v) is 33.0. The smallest absolute Gasteiger partial charge is 0.391 e. The zero-order valence-corrected chi connectivity index (χ0v) is 52.4. The number of Topliss-reactive ketones (excluding diaryl/α,β-unsaturated/α-hetero) is 2. The predicted octanol–water partition coefficient (Wildman–Crippen LogP) is 8.22. The molecule has 2 fully saturated rings. The normalized spacial score (nSPS) is 20.9. The van der Waals surface area contributed by atoms with E-state index in [-0.39, 0.29) is 98.9 Å². The van der Waals surface area contributed by atoms with Crippen LogP contribution in [0, 0.1) is 36.0 Å². The summed E-state index contributed by atoms with van der Waals surface area (Å²) in [5, 5.41) is 17.2. The number of thiazole rings is 1. The number of aryl methyl sites for hydroxylation is 2. The summed E-state index contributed by atoms with van der Waals surface area (Å²) in [6.07, 6.45) is 2.67. The molecule has 8 N–H and O–H groups in total. The van der Waals surface area contributed by atoms with E-state index in [1.807, 2.05) is 94.7 Å². The van der Waals surface area contributed by atoms with Crippen LogP contribution in [0.5, 0.6) is 0 Å². The molecule has 3 aliphatic heterocycles. The number of para-hydroxylation sites is 1. The molecule has 470 valence electrons. The summed E-state index contributed by atoms with van der Waals surface area (Å²) in [7, 11) is -5.04. The van der Waals surface area contributed by atoms with E-state index in [0.717, 1.165) is 63.2 Å². The quantitative estimate of drug-likeness (QED) is 0.0210. The molecule has 7 atom stereocenters. The van der Waals surface area contributed by atoms with Gasteiger partial charge in [-0.1, -0.05) is 87.5 Å². The molecule has 4 aliphatic rings. The molecule has 89 heavy (non-hydrogen) atoms. The number of hydrogen-bond donors (Lipinski definition) is 7. The number of aromatic nitrogens is 2. The van der Waals surface area contributed by atoms with Crippen molar-refractivity contribution >= 4 is 82.1 Å². The van der Waals surface area contributed by atoms with Gasteiger partial charge in [-0.15, -0.1) is 11.3 Å². The molecule has 1 aliphatic carbocycles. The molecule has 2 aromatic heterocycles. The molecule has 5 amide bonds. The van der Waals surface area contributed by atoms with Gasteiger partial charge in [-0.05, 0) is 127 Å². The number of amides is 5. The zero-order valence-electron chi connectivity index (χ0n) is 50.7. The van der Waals surface area contributed by atoms with Gasteiger partial charge in [0.05, 0.1) is 52.3 Å². The van der Waals surface area contributed by atoms with E-state index in [9.17, 15) is 57.8 Å². The number of carbonyl (C=O) groups is 8. The number of likely N-dealkylation sites (tertiary alicyclic amines) is 1. The molecule has 0 radical (unpaired) electrons. The van der Waals surface area contributed by atoms with Crippen LogP contribution in [0.15, 0.2) is 96.5 Å². The van der Waals surface area contributed by atoms with Gasteiger partial charge in [-0.25, -0.2) is 4.98 Å². The fourth-order valence-electron chi connectivity index (χ4n) is 13.2. The van der Waals surface area contributed by atoms with Crippen LogP contribution in [0.25, 0.3) is 21.3 Å². The highest BCUT2D eigenvalue weighted by Gasteiger charge is 2.47. The highest BCUT2D eigenvalue weighted by molar-refractivity contribution is 7.70. The molecular formula is C67H78N7O13PS. The molecule has 6 aromatic rings. The molecule has 10 rings (SSSR count). The van der Waals surface area contributed by atoms with Crippen LogP contribution in [0.3, 0.4) is 0 Å². The van der Waals surface area contributed by atoms with Gasteiger partial charge in [0.1, 0.15) is 17.9 Å². The lowest BCUT2D eigenvalue weighted by Crippen LogP contribution is -2.54. The van der Waals surface area contributed by atoms with Gasteiger partial charge in [0.15, 0.2) is 5.78 Å². The number of H-pyrrole nitrogens is 1. The molecule has 5 heterocycles. The van der Waals surface area contributed by atoms with Crippen molar-refractivity contribution in [3.05, 3.63) is 141 Å². The summed E-state index contributed by atoms with van der Waals surface area (Å²) in [5.41, 5.74) is 13.2. The SMILES string of the molecule is Cc1ncsc1-c1ccc(CNC(=O)[C@@H]2C[C@@H](O)CN2C(=O)[C@@H](CC(=O)CC2CC(Cc3ccc(CO[C@H](C)[C@H](CCC(N)=O)NC(=O)[C@@H]4Cc5cccc6c5N4C(=O)[C@@H](CC(=O)c4cc5cc(C(=O)P(=O)(O)O)ccc5[nH]4)CC6)cc3)C2)C(C)(C)C)cc1. The molecule has 1 saturated carbocycles. The lowest BCUT2D eigenvalue weighted by molar-refractivity contribution is -0.146. The number of ketones is 2. The van der Waals surface area contributed by atoms with E-state index in [0.29, 0.717) is 41.8 Å². The fourth-order valence-corrected chi connectivity index (χ4v) is 14.5. The Morgan fingerprint density at radius 1 is 0.876 bits per heavy atom. The number of hydrogen-bond acceptors (Lipinski definition) is 13. The van der Waals surface area contributed by atoms with Crippen LogP contribution in [0.2, 0.25) is 0 Å². The average molecular weight is 1250 g/mol. The standard InChI is InChI=1S/C67H78N7O13PS/c1-37-61(89-36-70-37)45-15-13-40(14-16-45)33-69-62(79)56-32-51(76)34-73(56)65(82)52(67(3,4)5)31-50(75)26-43-24-42(25-43)23-39-9-11-41(12-10-39)35-87-38(2)53(21-22-59(68)78)72-63(80)57-29-46-8-6-7-44-17-18-47(64(81)74(57)60(44)46)30-58(77)55-28-49-27-48(19-20-54(49)71-55)66(83)88(84,85)86/h6-16,19-20,27-28,36,38,42-43,47,51-53,56-57,71,76H,17-18,21-26,29-35H2,1-5H3,(H2,68,78)(H,69,79)(H,72,80)(H2,84,85,86)/t38-,42?,43?,47-,51-,52-,53+,56+,57+/m1/s1. The van der Waals surface area contributed by atoms with E-state index >= 15 is 0 Å². The lowest BCUT2D eigenvalue weighted by Gasteiger charge is -2.37. The second kappa shape index (κ2) is 26.9. The maximum atomic E-state index is 14.6. The molecule has 0 bridgehead atoms. The third kappa shape index (κ3) is 15.1. The largest absolute Gasteiger partial charge is 0.396 e. The van der Waals surface area contributed by atoms with E-state index in [1.165, 1.54) is 34.1 Å². The monoisotopic (exact) mass is 1250 g/mol. The van der Waals surface area contributed by atoms with E-state index < -0.39 is 78.3 Å². The number of aromatic amines is 1. The minimum Gasteiger partial charge on any atom is -0.391 e. The van der Waals surface area contributed by atoms with Crippen molar-refractivity contribution in [1.29, 1.82) is 0 Å². The number of β-amino-alcohol motifs (C(OH)–C–C–N with tert-alkyl or cyclic N) is 1. The first-order chi connectivity index (χ1) is 42.3. The van der Waals surface area contributed by atoms with Crippen molar-refractivity contribution < 1.29 is 62.6 Å². The molecule has 0 spiro atoms. The first kappa shape index (κ1) is 64.5. The summed E-state index contributed by atoms with van der Waals surface area (Å²) in [5.74, 6) is -3.28. The van der Waals surface area contributed by atoms with Crippen LogP contribution in [0.1, 0.15) is 140 Å². The molecule has 0 unspecified atom stereocenters. The van der Waals surface area contributed by atoms with Gasteiger partial charge in [-0.3, -0.25) is 47.8 Å². The van der Waals surface area contributed by atoms with Crippen LogP contribution in [0.4, 0.5) is 5.69 Å². The Hall–Kier alpha value is -7.52. The highest BCUT2D eigenvalue weighted by atomic mass is 32.1. The molecule has 22 heteroatoms. The number of ether oxygens (including phenoxy) is 1. The maximum absolute atomic E-state index is 14.6. The number of nitrogens with one attached hydrogen (secondary N) is 3. The lowest BCUT2D eigenvalue weighted by atomic mass is 9.69. The molecule has 1 saturated heterocycles. The third-order valence-electron chi connectivity index (χ3n) is 18.3. The molecule has 4 aromatic carbocycles. The summed E-state index contributed by atoms with van der Waals surface area (Å²) >= 11 is 1.57. The van der Waals surface area contributed by atoms with E-state index in [1.54, 1.807) is 11.3 Å². The van der Waals surface area contributed by atoms with Crippen LogP contribution >= 0.6 is 18.9 Å². The van der Waals surface area contributed by atoms with Crippen molar-refractivity contribution in [2.45, 2.75) is 155 Å². The second-order valence-corrected chi connectivity index (χ2v) is 28.2. The van der Waals surface area contributed by atoms with E-state index in [2.05, 4.69) is 32.7 Å².